The van der Waals surface area contributed by atoms with E-state index in [2.05, 4.69) is 5.32 Å². The van der Waals surface area contributed by atoms with Crippen LogP contribution in [0.15, 0.2) is 30.3 Å². The van der Waals surface area contributed by atoms with E-state index in [-0.39, 0.29) is 5.56 Å². The first-order chi connectivity index (χ1) is 9.44. The Balaban J connectivity index is 1.77. The zero-order valence-electron chi connectivity index (χ0n) is 11.9. The summed E-state index contributed by atoms with van der Waals surface area (Å²) in [6, 6.07) is 6.98. The lowest BCUT2D eigenvalue weighted by atomic mass is 9.77. The van der Waals surface area contributed by atoms with E-state index in [1.54, 1.807) is 18.2 Å². The van der Waals surface area contributed by atoms with Crippen molar-refractivity contribution in [3.63, 3.8) is 0 Å². The number of rotatable bonds is 7. The van der Waals surface area contributed by atoms with Gasteiger partial charge < -0.3 is 10.4 Å². The van der Waals surface area contributed by atoms with E-state index in [0.717, 1.165) is 25.7 Å². The van der Waals surface area contributed by atoms with Crippen LogP contribution in [0.3, 0.4) is 0 Å². The average molecular weight is 283 g/mol. The Morgan fingerprint density at radius 2 is 1.95 bits per heavy atom. The van der Waals surface area contributed by atoms with Crippen molar-refractivity contribution < 1.29 is 13.9 Å². The normalized spacial score (nSPS) is 19.4. The molecule has 0 saturated heterocycles. The molecule has 1 fully saturated rings. The second-order valence-corrected chi connectivity index (χ2v) is 5.85. The fourth-order valence-electron chi connectivity index (χ4n) is 2.61. The molecule has 0 aliphatic heterocycles. The van der Waals surface area contributed by atoms with Crippen molar-refractivity contribution in [2.75, 3.05) is 6.54 Å². The predicted octanol–water partition coefficient (Wildman–Crippen LogP) is 3.45. The number of alkyl halides is 2. The van der Waals surface area contributed by atoms with Gasteiger partial charge in [-0.15, -0.1) is 0 Å². The summed E-state index contributed by atoms with van der Waals surface area (Å²) in [5, 5.41) is 12.8. The maximum Gasteiger partial charge on any atom is 0.287 e. The van der Waals surface area contributed by atoms with Crippen LogP contribution in [0.1, 0.15) is 44.6 Å². The first-order valence-corrected chi connectivity index (χ1v) is 7.33. The summed E-state index contributed by atoms with van der Waals surface area (Å²) < 4.78 is 28.4. The van der Waals surface area contributed by atoms with Gasteiger partial charge in [-0.25, -0.2) is 0 Å². The fourth-order valence-corrected chi connectivity index (χ4v) is 2.61. The molecule has 0 radical (unpaired) electrons. The lowest BCUT2D eigenvalue weighted by Gasteiger charge is -2.36. The number of halogens is 2. The van der Waals surface area contributed by atoms with E-state index < -0.39 is 17.6 Å². The second-order valence-electron chi connectivity index (χ2n) is 5.85. The monoisotopic (exact) mass is 283 g/mol. The number of hydrogen-bond donors (Lipinski definition) is 2. The minimum Gasteiger partial charge on any atom is -0.390 e. The molecule has 0 aromatic heterocycles. The Kier molecular flexibility index (Phi) is 4.76. The lowest BCUT2D eigenvalue weighted by Crippen LogP contribution is -2.42. The molecule has 1 saturated carbocycles. The third-order valence-corrected chi connectivity index (χ3v) is 4.26. The third kappa shape index (κ3) is 3.55. The van der Waals surface area contributed by atoms with Crippen molar-refractivity contribution >= 4 is 0 Å². The standard InChI is InChI=1S/C16H23F2NO/c1-13(16(17,18)14-7-3-2-4-8-14)19-12-6-11-15(20)9-5-10-15/h2-4,7-8,13,19-20H,5-6,9-12H2,1H3. The van der Waals surface area contributed by atoms with Crippen molar-refractivity contribution in [3.05, 3.63) is 35.9 Å². The SMILES string of the molecule is CC(NCCCC1(O)CCC1)C(F)(F)c1ccccc1. The van der Waals surface area contributed by atoms with Crippen LogP contribution in [0.5, 0.6) is 0 Å². The first-order valence-electron chi connectivity index (χ1n) is 7.33. The minimum atomic E-state index is -2.88. The van der Waals surface area contributed by atoms with Crippen LogP contribution in [-0.2, 0) is 5.92 Å². The molecule has 2 rings (SSSR count). The van der Waals surface area contributed by atoms with Crippen LogP contribution in [-0.4, -0.2) is 23.3 Å². The molecule has 2 N–H and O–H groups in total. The molecule has 4 heteroatoms. The summed E-state index contributed by atoms with van der Waals surface area (Å²) in [6.45, 7) is 2.01. The maximum absolute atomic E-state index is 14.2. The quantitative estimate of drug-likeness (QED) is 0.751. The van der Waals surface area contributed by atoms with Gasteiger partial charge >= 0.3 is 0 Å². The van der Waals surface area contributed by atoms with Gasteiger partial charge in [0.2, 0.25) is 0 Å². The highest BCUT2D eigenvalue weighted by molar-refractivity contribution is 5.21. The molecule has 2 nitrogen and oxygen atoms in total. The van der Waals surface area contributed by atoms with Crippen LogP contribution < -0.4 is 5.32 Å². The smallest absolute Gasteiger partial charge is 0.287 e. The first kappa shape index (κ1) is 15.4. The highest BCUT2D eigenvalue weighted by atomic mass is 19.3. The van der Waals surface area contributed by atoms with Gasteiger partial charge in [0.15, 0.2) is 0 Å². The van der Waals surface area contributed by atoms with E-state index in [1.807, 2.05) is 0 Å². The zero-order chi connectivity index (χ0) is 14.6. The largest absolute Gasteiger partial charge is 0.390 e. The van der Waals surface area contributed by atoms with E-state index >= 15 is 0 Å². The summed E-state index contributed by atoms with van der Waals surface area (Å²) in [4.78, 5) is 0. The predicted molar refractivity (Wildman–Crippen MR) is 75.8 cm³/mol. The third-order valence-electron chi connectivity index (χ3n) is 4.26. The molecule has 1 aliphatic rings. The summed E-state index contributed by atoms with van der Waals surface area (Å²) in [5.74, 6) is -2.88. The molecule has 0 bridgehead atoms. The Labute approximate surface area is 119 Å². The Bertz CT molecular complexity index is 418. The molecule has 0 heterocycles. The summed E-state index contributed by atoms with van der Waals surface area (Å²) in [5.41, 5.74) is -0.482. The molecule has 1 aromatic rings. The van der Waals surface area contributed by atoms with Crippen molar-refractivity contribution in [2.45, 2.75) is 56.6 Å². The van der Waals surface area contributed by atoms with Crippen LogP contribution in [0.4, 0.5) is 8.78 Å². The number of benzene rings is 1. The molecule has 0 amide bonds. The van der Waals surface area contributed by atoms with Gasteiger partial charge in [-0.3, -0.25) is 0 Å². The van der Waals surface area contributed by atoms with E-state index in [4.69, 9.17) is 0 Å². The van der Waals surface area contributed by atoms with Crippen molar-refractivity contribution in [3.8, 4) is 0 Å². The molecule has 0 spiro atoms. The van der Waals surface area contributed by atoms with Crippen molar-refractivity contribution in [1.29, 1.82) is 0 Å². The Morgan fingerprint density at radius 1 is 1.30 bits per heavy atom. The highest BCUT2D eigenvalue weighted by Gasteiger charge is 2.38. The number of aliphatic hydroxyl groups is 1. The van der Waals surface area contributed by atoms with E-state index in [9.17, 15) is 13.9 Å². The lowest BCUT2D eigenvalue weighted by molar-refractivity contribution is -0.0465. The highest BCUT2D eigenvalue weighted by Crippen LogP contribution is 2.35. The number of nitrogens with one attached hydrogen (secondary N) is 1. The van der Waals surface area contributed by atoms with Gasteiger partial charge in [0.25, 0.3) is 5.92 Å². The summed E-state index contributed by atoms with van der Waals surface area (Å²) >= 11 is 0. The average Bonchev–Trinajstić information content (AvgIpc) is 2.42. The molecule has 112 valence electrons. The molecule has 1 atom stereocenters. The van der Waals surface area contributed by atoms with Gasteiger partial charge in [0.1, 0.15) is 0 Å². The molecular weight excluding hydrogens is 260 g/mol. The molecule has 1 unspecified atom stereocenters. The van der Waals surface area contributed by atoms with Crippen molar-refractivity contribution in [1.82, 2.24) is 5.32 Å². The zero-order valence-corrected chi connectivity index (χ0v) is 11.9. The molecule has 20 heavy (non-hydrogen) atoms. The Morgan fingerprint density at radius 3 is 2.50 bits per heavy atom. The van der Waals surface area contributed by atoms with Gasteiger partial charge in [-0.2, -0.15) is 8.78 Å². The molecule has 1 aliphatic carbocycles. The summed E-state index contributed by atoms with van der Waals surface area (Å²) in [6.07, 6.45) is 4.20. The number of hydrogen-bond acceptors (Lipinski definition) is 2. The van der Waals surface area contributed by atoms with Crippen LogP contribution in [0, 0.1) is 0 Å². The Hall–Kier alpha value is -1.00. The van der Waals surface area contributed by atoms with Crippen LogP contribution in [0.2, 0.25) is 0 Å². The molecular formula is C16H23F2NO. The minimum absolute atomic E-state index is 0.0395. The van der Waals surface area contributed by atoms with E-state index in [1.165, 1.54) is 19.1 Å². The fraction of sp³-hybridized carbons (Fsp3) is 0.625. The summed E-state index contributed by atoms with van der Waals surface area (Å²) in [7, 11) is 0. The second kappa shape index (κ2) is 6.19. The van der Waals surface area contributed by atoms with E-state index in [0.29, 0.717) is 13.0 Å². The van der Waals surface area contributed by atoms with Crippen LogP contribution >= 0.6 is 0 Å². The van der Waals surface area contributed by atoms with Gasteiger partial charge in [0, 0.05) is 5.56 Å². The maximum atomic E-state index is 14.2. The van der Waals surface area contributed by atoms with Gasteiger partial charge in [0.05, 0.1) is 11.6 Å². The topological polar surface area (TPSA) is 32.3 Å². The van der Waals surface area contributed by atoms with Crippen molar-refractivity contribution in [2.24, 2.45) is 0 Å². The van der Waals surface area contributed by atoms with Gasteiger partial charge in [-0.05, 0) is 45.6 Å². The van der Waals surface area contributed by atoms with Gasteiger partial charge in [-0.1, -0.05) is 30.3 Å². The van der Waals surface area contributed by atoms with Crippen LogP contribution in [0.25, 0.3) is 0 Å². The molecule has 1 aromatic carbocycles.